The average Bonchev–Trinajstić information content (AvgIpc) is 2.82. The van der Waals surface area contributed by atoms with E-state index in [4.69, 9.17) is 12.2 Å². The number of H-pyrrole nitrogens is 1. The summed E-state index contributed by atoms with van der Waals surface area (Å²) in [6.45, 7) is 6.48. The van der Waals surface area contributed by atoms with Crippen LogP contribution in [0.15, 0.2) is 42.6 Å². The molecule has 0 bridgehead atoms. The molecule has 0 aliphatic carbocycles. The number of rotatable bonds is 3. The van der Waals surface area contributed by atoms with Gasteiger partial charge >= 0.3 is 0 Å². The van der Waals surface area contributed by atoms with Gasteiger partial charge < -0.3 is 9.88 Å². The van der Waals surface area contributed by atoms with Gasteiger partial charge in [-0.1, -0.05) is 42.0 Å². The van der Waals surface area contributed by atoms with Crippen molar-refractivity contribution in [3.05, 3.63) is 63.9 Å². The lowest BCUT2D eigenvalue weighted by atomic mass is 10.1. The van der Waals surface area contributed by atoms with Crippen molar-refractivity contribution in [2.24, 2.45) is 0 Å². The Hall–Kier alpha value is -1.98. The predicted molar refractivity (Wildman–Crippen MR) is 98.6 cm³/mol. The summed E-state index contributed by atoms with van der Waals surface area (Å²) < 4.78 is 0.517. The summed E-state index contributed by atoms with van der Waals surface area (Å²) in [6.07, 6.45) is 2.74. The highest BCUT2D eigenvalue weighted by Crippen LogP contribution is 2.13. The number of aromatic nitrogens is 1. The molecule has 0 unspecified atom stereocenters. The van der Waals surface area contributed by atoms with Gasteiger partial charge in [-0.15, -0.1) is 0 Å². The lowest BCUT2D eigenvalue weighted by Gasteiger charge is -2.22. The van der Waals surface area contributed by atoms with E-state index in [1.54, 1.807) is 12.3 Å². The molecule has 0 radical (unpaired) electrons. The molecule has 5 heteroatoms. The maximum absolute atomic E-state index is 12.7. The number of carbonyl (C=O) groups excluding carboxylic acids is 1. The number of nitrogens with one attached hydrogen (secondary N) is 1. The van der Waals surface area contributed by atoms with Crippen LogP contribution in [-0.4, -0.2) is 46.9 Å². The average molecular weight is 341 g/mol. The first kappa shape index (κ1) is 16.9. The van der Waals surface area contributed by atoms with Crippen LogP contribution >= 0.6 is 12.2 Å². The lowest BCUT2D eigenvalue weighted by Crippen LogP contribution is -2.35. The molecule has 24 heavy (non-hydrogen) atoms. The van der Waals surface area contributed by atoms with Gasteiger partial charge in [0.25, 0.3) is 5.91 Å². The molecule has 1 aliphatic heterocycles. The third kappa shape index (κ3) is 4.10. The third-order valence-corrected chi connectivity index (χ3v) is 4.79. The molecular weight excluding hydrogens is 318 g/mol. The Morgan fingerprint density at radius 1 is 1.12 bits per heavy atom. The fraction of sp³-hybridized carbons (Fsp3) is 0.368. The smallest absolute Gasteiger partial charge is 0.256 e. The fourth-order valence-corrected chi connectivity index (χ4v) is 3.27. The SMILES string of the molecule is Cc1ccc(CN2CCCN(C(=O)c3ccc[nH]c3=S)CC2)cc1. The van der Waals surface area contributed by atoms with Crippen LogP contribution in [0.4, 0.5) is 0 Å². The van der Waals surface area contributed by atoms with Crippen molar-refractivity contribution in [2.75, 3.05) is 26.2 Å². The standard InChI is InChI=1S/C19H23N3OS/c1-15-5-7-16(8-6-15)14-21-10-3-11-22(13-12-21)19(23)17-4-2-9-20-18(17)24/h2,4-9H,3,10-14H2,1H3,(H,20,24). The van der Waals surface area contributed by atoms with E-state index in [2.05, 4.69) is 41.1 Å². The highest BCUT2D eigenvalue weighted by Gasteiger charge is 2.21. The van der Waals surface area contributed by atoms with Crippen molar-refractivity contribution >= 4 is 18.1 Å². The zero-order valence-corrected chi connectivity index (χ0v) is 14.8. The lowest BCUT2D eigenvalue weighted by molar-refractivity contribution is 0.0760. The summed E-state index contributed by atoms with van der Waals surface area (Å²) in [5, 5.41) is 0. The molecular formula is C19H23N3OS. The zero-order chi connectivity index (χ0) is 16.9. The van der Waals surface area contributed by atoms with Gasteiger partial charge in [-0.3, -0.25) is 9.69 Å². The Labute approximate surface area is 148 Å². The van der Waals surface area contributed by atoms with Crippen LogP contribution in [0.25, 0.3) is 0 Å². The number of pyridine rings is 1. The first-order valence-electron chi connectivity index (χ1n) is 8.38. The van der Waals surface area contributed by atoms with Gasteiger partial charge in [0.05, 0.1) is 5.56 Å². The van der Waals surface area contributed by atoms with E-state index < -0.39 is 0 Å². The van der Waals surface area contributed by atoms with Gasteiger partial charge in [0.2, 0.25) is 0 Å². The number of amides is 1. The van der Waals surface area contributed by atoms with Crippen LogP contribution in [0, 0.1) is 11.6 Å². The minimum Gasteiger partial charge on any atom is -0.352 e. The molecule has 4 nitrogen and oxygen atoms in total. The summed E-state index contributed by atoms with van der Waals surface area (Å²) in [5.41, 5.74) is 3.20. The van der Waals surface area contributed by atoms with E-state index in [1.807, 2.05) is 11.0 Å². The minimum atomic E-state index is 0.0361. The monoisotopic (exact) mass is 341 g/mol. The molecule has 1 aliphatic rings. The molecule has 1 aromatic carbocycles. The predicted octanol–water partition coefficient (Wildman–Crippen LogP) is 3.40. The van der Waals surface area contributed by atoms with Gasteiger partial charge in [0, 0.05) is 38.9 Å². The maximum Gasteiger partial charge on any atom is 0.256 e. The number of aryl methyl sites for hydroxylation is 1. The highest BCUT2D eigenvalue weighted by atomic mass is 32.1. The van der Waals surface area contributed by atoms with E-state index >= 15 is 0 Å². The molecule has 0 spiro atoms. The molecule has 126 valence electrons. The molecule has 1 amide bonds. The van der Waals surface area contributed by atoms with Crippen molar-refractivity contribution in [1.82, 2.24) is 14.8 Å². The van der Waals surface area contributed by atoms with Crippen LogP contribution in [0.1, 0.15) is 27.9 Å². The second kappa shape index (κ2) is 7.73. The largest absolute Gasteiger partial charge is 0.352 e. The van der Waals surface area contributed by atoms with Gasteiger partial charge in [-0.05, 0) is 31.0 Å². The van der Waals surface area contributed by atoms with Crippen molar-refractivity contribution < 1.29 is 4.79 Å². The normalized spacial score (nSPS) is 16.0. The van der Waals surface area contributed by atoms with E-state index in [0.29, 0.717) is 10.2 Å². The van der Waals surface area contributed by atoms with Gasteiger partial charge in [-0.2, -0.15) is 0 Å². The Bertz CT molecular complexity index is 754. The number of benzene rings is 1. The molecule has 1 aromatic heterocycles. The Balaban J connectivity index is 1.62. The quantitative estimate of drug-likeness (QED) is 0.870. The summed E-state index contributed by atoms with van der Waals surface area (Å²) in [4.78, 5) is 20.0. The van der Waals surface area contributed by atoms with E-state index in [0.717, 1.165) is 39.1 Å². The first-order valence-corrected chi connectivity index (χ1v) is 8.79. The van der Waals surface area contributed by atoms with E-state index in [-0.39, 0.29) is 5.91 Å². The Morgan fingerprint density at radius 2 is 1.92 bits per heavy atom. The molecule has 0 atom stereocenters. The summed E-state index contributed by atoms with van der Waals surface area (Å²) >= 11 is 5.24. The molecule has 1 saturated heterocycles. The second-order valence-corrected chi connectivity index (χ2v) is 6.73. The van der Waals surface area contributed by atoms with Gasteiger partial charge in [0.1, 0.15) is 4.64 Å². The summed E-state index contributed by atoms with van der Waals surface area (Å²) in [6, 6.07) is 12.3. The number of aromatic amines is 1. The Morgan fingerprint density at radius 3 is 2.67 bits per heavy atom. The zero-order valence-electron chi connectivity index (χ0n) is 14.0. The van der Waals surface area contributed by atoms with Gasteiger partial charge in [-0.25, -0.2) is 0 Å². The third-order valence-electron chi connectivity index (χ3n) is 4.45. The highest BCUT2D eigenvalue weighted by molar-refractivity contribution is 7.71. The molecule has 1 N–H and O–H groups in total. The van der Waals surface area contributed by atoms with Crippen LogP contribution in [-0.2, 0) is 6.54 Å². The Kier molecular flexibility index (Phi) is 5.43. The molecule has 2 aromatic rings. The number of hydrogen-bond donors (Lipinski definition) is 1. The van der Waals surface area contributed by atoms with Crippen LogP contribution in [0.3, 0.4) is 0 Å². The number of nitrogens with zero attached hydrogens (tertiary/aromatic N) is 2. The number of carbonyl (C=O) groups is 1. The van der Waals surface area contributed by atoms with Crippen molar-refractivity contribution in [2.45, 2.75) is 19.9 Å². The summed E-state index contributed by atoms with van der Waals surface area (Å²) in [5.74, 6) is 0.0361. The van der Waals surface area contributed by atoms with Crippen molar-refractivity contribution in [3.63, 3.8) is 0 Å². The fourth-order valence-electron chi connectivity index (χ4n) is 3.04. The van der Waals surface area contributed by atoms with Crippen LogP contribution in [0.2, 0.25) is 0 Å². The molecule has 1 fully saturated rings. The van der Waals surface area contributed by atoms with Crippen molar-refractivity contribution in [1.29, 1.82) is 0 Å². The topological polar surface area (TPSA) is 39.3 Å². The summed E-state index contributed by atoms with van der Waals surface area (Å²) in [7, 11) is 0. The van der Waals surface area contributed by atoms with E-state index in [9.17, 15) is 4.79 Å². The molecule has 0 saturated carbocycles. The van der Waals surface area contributed by atoms with Gasteiger partial charge in [0.15, 0.2) is 0 Å². The van der Waals surface area contributed by atoms with Crippen LogP contribution < -0.4 is 0 Å². The first-order chi connectivity index (χ1) is 11.6. The maximum atomic E-state index is 12.7. The van der Waals surface area contributed by atoms with Crippen LogP contribution in [0.5, 0.6) is 0 Å². The molecule has 3 rings (SSSR count). The minimum absolute atomic E-state index is 0.0361. The number of hydrogen-bond acceptors (Lipinski definition) is 3. The second-order valence-electron chi connectivity index (χ2n) is 6.32. The molecule has 2 heterocycles. The van der Waals surface area contributed by atoms with E-state index in [1.165, 1.54) is 11.1 Å². The van der Waals surface area contributed by atoms with Crippen molar-refractivity contribution in [3.8, 4) is 0 Å².